The number of hydrogen-bond donors (Lipinski definition) is 2. The zero-order chi connectivity index (χ0) is 30.3. The second-order valence-electron chi connectivity index (χ2n) is 11.5. The van der Waals surface area contributed by atoms with Crippen molar-refractivity contribution < 1.29 is 0 Å². The first-order valence-electron chi connectivity index (χ1n) is 15.4. The molecule has 218 valence electrons. The van der Waals surface area contributed by atoms with E-state index in [0.29, 0.717) is 5.96 Å². The molecule has 0 saturated heterocycles. The molecule has 0 radical (unpaired) electrons. The van der Waals surface area contributed by atoms with Crippen molar-refractivity contribution in [3.8, 4) is 5.69 Å². The van der Waals surface area contributed by atoms with Crippen LogP contribution in [0.5, 0.6) is 0 Å². The molecular weight excluding hydrogens is 550 g/mol. The predicted octanol–water partition coefficient (Wildman–Crippen LogP) is 9.10. The van der Waals surface area contributed by atoms with Crippen LogP contribution in [0.1, 0.15) is 30.3 Å². The minimum absolute atomic E-state index is 0.0571. The molecule has 0 spiro atoms. The van der Waals surface area contributed by atoms with Crippen molar-refractivity contribution >= 4 is 49.6 Å². The molecule has 2 heterocycles. The molecule has 8 rings (SSSR count). The Kier molecular flexibility index (Phi) is 6.66. The minimum atomic E-state index is -0.359. The normalized spacial score (nSPS) is 13.6. The van der Waals surface area contributed by atoms with Crippen molar-refractivity contribution in [2.75, 3.05) is 0 Å². The van der Waals surface area contributed by atoms with E-state index in [1.54, 1.807) is 0 Å². The smallest absolute Gasteiger partial charge is 0.202 e. The predicted molar refractivity (Wildman–Crippen MR) is 188 cm³/mol. The number of hydrogen-bond acceptors (Lipinski definition) is 2. The Balaban J connectivity index is 1.40. The Morgan fingerprint density at radius 3 is 1.87 bits per heavy atom. The average Bonchev–Trinajstić information content (AvgIpc) is 3.62. The van der Waals surface area contributed by atoms with Crippen LogP contribution < -0.4 is 11.1 Å². The van der Waals surface area contributed by atoms with Crippen molar-refractivity contribution in [2.45, 2.75) is 19.1 Å². The Labute approximate surface area is 261 Å². The molecule has 3 N–H and O–H groups in total. The number of fused-ring (bicyclic) bond motifs is 7. The van der Waals surface area contributed by atoms with Gasteiger partial charge in [0.05, 0.1) is 22.1 Å². The van der Waals surface area contributed by atoms with Crippen LogP contribution in [0.4, 0.5) is 0 Å². The van der Waals surface area contributed by atoms with E-state index in [-0.39, 0.29) is 12.2 Å². The van der Waals surface area contributed by atoms with Crippen LogP contribution in [0, 0.1) is 0 Å². The lowest BCUT2D eigenvalue weighted by Gasteiger charge is -2.22. The highest BCUT2D eigenvalue weighted by molar-refractivity contribution is 6.27. The number of nitrogens with two attached hydrogens (primary N) is 1. The first kappa shape index (κ1) is 26.9. The number of para-hydroxylation sites is 3. The first-order valence-corrected chi connectivity index (χ1v) is 15.4. The molecular formula is C40H33N5. The van der Waals surface area contributed by atoms with Crippen molar-refractivity contribution in [1.29, 1.82) is 0 Å². The molecule has 2 unspecified atom stereocenters. The lowest BCUT2D eigenvalue weighted by atomic mass is 10.1. The summed E-state index contributed by atoms with van der Waals surface area (Å²) in [7, 11) is 0. The second kappa shape index (κ2) is 11.1. The van der Waals surface area contributed by atoms with E-state index in [4.69, 9.17) is 10.7 Å². The lowest BCUT2D eigenvalue weighted by molar-refractivity contribution is 0.479. The average molecular weight is 584 g/mol. The maximum absolute atomic E-state index is 7.14. The van der Waals surface area contributed by atoms with Gasteiger partial charge in [-0.15, -0.1) is 0 Å². The summed E-state index contributed by atoms with van der Waals surface area (Å²) >= 11 is 0. The molecule has 2 aromatic heterocycles. The molecule has 8 aromatic rings. The molecule has 0 aliphatic rings. The highest BCUT2D eigenvalue weighted by atomic mass is 15.2. The lowest BCUT2D eigenvalue weighted by Crippen LogP contribution is -2.29. The van der Waals surface area contributed by atoms with Crippen molar-refractivity contribution in [3.63, 3.8) is 0 Å². The molecule has 5 nitrogen and oxygen atoms in total. The fourth-order valence-corrected chi connectivity index (χ4v) is 6.71. The van der Waals surface area contributed by atoms with Gasteiger partial charge >= 0.3 is 0 Å². The van der Waals surface area contributed by atoms with Crippen molar-refractivity contribution in [1.82, 2.24) is 14.5 Å². The number of aliphatic imine (C=N–C) groups is 1. The van der Waals surface area contributed by atoms with Gasteiger partial charge in [0.2, 0.25) is 5.96 Å². The van der Waals surface area contributed by atoms with E-state index in [9.17, 15) is 0 Å². The molecule has 0 aliphatic heterocycles. The molecule has 2 atom stereocenters. The Morgan fingerprint density at radius 1 is 0.578 bits per heavy atom. The molecule has 45 heavy (non-hydrogen) atoms. The standard InChI is InChI=1S/C40H33N5/c1-27(28-15-5-2-6-16-28)42-39(29-17-7-3-8-18-29)43-40(41)45-34-23-13-11-21-31(34)32-25-26-36-37(38(32)45)33-22-12-14-24-35(33)44(36)30-19-9-4-10-20-30/h2-27,39,42H,1H3,(H2,41,43). The van der Waals surface area contributed by atoms with Gasteiger partial charge < -0.3 is 10.3 Å². The van der Waals surface area contributed by atoms with Gasteiger partial charge in [0.1, 0.15) is 6.17 Å². The summed E-state index contributed by atoms with van der Waals surface area (Å²) in [6, 6.07) is 52.9. The molecule has 0 aliphatic carbocycles. The topological polar surface area (TPSA) is 60.3 Å². The number of aromatic nitrogens is 2. The third-order valence-electron chi connectivity index (χ3n) is 8.80. The maximum atomic E-state index is 7.14. The van der Waals surface area contributed by atoms with Gasteiger partial charge in [-0.05, 0) is 48.4 Å². The van der Waals surface area contributed by atoms with Gasteiger partial charge in [-0.3, -0.25) is 9.88 Å². The summed E-state index contributed by atoms with van der Waals surface area (Å²) in [6.07, 6.45) is -0.359. The van der Waals surface area contributed by atoms with Crippen LogP contribution in [0.25, 0.3) is 49.3 Å². The van der Waals surface area contributed by atoms with Crippen LogP contribution >= 0.6 is 0 Å². The fourth-order valence-electron chi connectivity index (χ4n) is 6.71. The highest BCUT2D eigenvalue weighted by Crippen LogP contribution is 2.40. The van der Waals surface area contributed by atoms with Crippen molar-refractivity contribution in [3.05, 3.63) is 163 Å². The van der Waals surface area contributed by atoms with Crippen molar-refractivity contribution in [2.24, 2.45) is 10.7 Å². The Morgan fingerprint density at radius 2 is 1.16 bits per heavy atom. The molecule has 0 saturated carbocycles. The summed E-state index contributed by atoms with van der Waals surface area (Å²) in [4.78, 5) is 5.25. The SMILES string of the molecule is CC(NC(/N=C(\N)n1c2ccccc2c2ccc3c(c4ccccc4n3-c3ccccc3)c21)c1ccccc1)c1ccccc1. The van der Waals surface area contributed by atoms with Crippen LogP contribution in [0.2, 0.25) is 0 Å². The van der Waals surface area contributed by atoms with E-state index in [0.717, 1.165) is 49.5 Å². The van der Waals surface area contributed by atoms with Crippen LogP contribution in [-0.4, -0.2) is 15.1 Å². The minimum Gasteiger partial charge on any atom is -0.369 e. The summed E-state index contributed by atoms with van der Waals surface area (Å²) in [6.45, 7) is 2.17. The summed E-state index contributed by atoms with van der Waals surface area (Å²) in [5.74, 6) is 0.437. The summed E-state index contributed by atoms with van der Waals surface area (Å²) in [5.41, 5.74) is 14.9. The molecule has 0 bridgehead atoms. The van der Waals surface area contributed by atoms with Gasteiger partial charge in [-0.1, -0.05) is 121 Å². The van der Waals surface area contributed by atoms with Gasteiger partial charge in [-0.25, -0.2) is 4.99 Å². The molecule has 6 aromatic carbocycles. The van der Waals surface area contributed by atoms with Gasteiger partial charge in [-0.2, -0.15) is 0 Å². The number of benzene rings is 6. The Bertz CT molecular complexity index is 2320. The zero-order valence-corrected chi connectivity index (χ0v) is 25.0. The Hall–Kier alpha value is -5.65. The fraction of sp³-hybridized carbons (Fsp3) is 0.0750. The third kappa shape index (κ3) is 4.57. The number of nitrogens with one attached hydrogen (secondary N) is 1. The quantitative estimate of drug-likeness (QED) is 0.151. The van der Waals surface area contributed by atoms with Gasteiger partial charge in [0.15, 0.2) is 0 Å². The van der Waals surface area contributed by atoms with E-state index in [2.05, 4.69) is 149 Å². The maximum Gasteiger partial charge on any atom is 0.202 e. The number of rotatable bonds is 6. The van der Waals surface area contributed by atoms with Crippen LogP contribution in [-0.2, 0) is 0 Å². The molecule has 5 heteroatoms. The van der Waals surface area contributed by atoms with E-state index >= 15 is 0 Å². The van der Waals surface area contributed by atoms with Crippen LogP contribution in [0.15, 0.2) is 157 Å². The monoisotopic (exact) mass is 583 g/mol. The van der Waals surface area contributed by atoms with Gasteiger partial charge in [0, 0.05) is 33.3 Å². The largest absolute Gasteiger partial charge is 0.369 e. The summed E-state index contributed by atoms with van der Waals surface area (Å²) < 4.78 is 4.49. The summed E-state index contributed by atoms with van der Waals surface area (Å²) in [5, 5.41) is 8.37. The van der Waals surface area contributed by atoms with E-state index in [1.807, 2.05) is 24.3 Å². The second-order valence-corrected chi connectivity index (χ2v) is 11.5. The molecule has 0 amide bonds. The van der Waals surface area contributed by atoms with E-state index < -0.39 is 0 Å². The highest BCUT2D eigenvalue weighted by Gasteiger charge is 2.22. The van der Waals surface area contributed by atoms with E-state index in [1.165, 1.54) is 10.9 Å². The van der Waals surface area contributed by atoms with Gasteiger partial charge in [0.25, 0.3) is 0 Å². The third-order valence-corrected chi connectivity index (χ3v) is 8.80. The first-order chi connectivity index (χ1) is 22.2. The van der Waals surface area contributed by atoms with Crippen LogP contribution in [0.3, 0.4) is 0 Å². The number of nitrogens with zero attached hydrogens (tertiary/aromatic N) is 3. The zero-order valence-electron chi connectivity index (χ0n) is 25.0. The molecule has 0 fully saturated rings.